The van der Waals surface area contributed by atoms with Crippen LogP contribution < -0.4 is 26.4 Å². The van der Waals surface area contributed by atoms with E-state index in [-0.39, 0.29) is 22.9 Å². The molecule has 9 heteroatoms. The highest BCUT2D eigenvalue weighted by Crippen LogP contribution is 2.43. The van der Waals surface area contributed by atoms with Gasteiger partial charge in [-0.05, 0) is 30.9 Å². The average Bonchev–Trinajstić information content (AvgIpc) is 3.19. The van der Waals surface area contributed by atoms with Crippen LogP contribution in [0.5, 0.6) is 5.75 Å². The summed E-state index contributed by atoms with van der Waals surface area (Å²) in [5, 5.41) is 0.255. The van der Waals surface area contributed by atoms with Crippen molar-refractivity contribution in [3.8, 4) is 5.75 Å². The predicted octanol–water partition coefficient (Wildman–Crippen LogP) is 1.53. The first-order valence-corrected chi connectivity index (χ1v) is 9.34. The normalized spacial score (nSPS) is 22.3. The molecule has 3 aromatic rings. The maximum Gasteiger partial charge on any atom is 0.271 e. The molecule has 0 unspecified atom stereocenters. The van der Waals surface area contributed by atoms with Crippen LogP contribution in [0.1, 0.15) is 19.4 Å². The topological polar surface area (TPSA) is 93.3 Å². The lowest BCUT2D eigenvalue weighted by atomic mass is 10.1. The summed E-state index contributed by atoms with van der Waals surface area (Å²) in [4.78, 5) is 27.4. The molecule has 1 fully saturated rings. The van der Waals surface area contributed by atoms with Crippen molar-refractivity contribution in [2.45, 2.75) is 25.4 Å². The zero-order valence-electron chi connectivity index (χ0n) is 14.0. The number of nitrogens with two attached hydrogens (primary N) is 1. The van der Waals surface area contributed by atoms with Crippen LogP contribution in [0.15, 0.2) is 15.7 Å². The van der Waals surface area contributed by atoms with Crippen molar-refractivity contribution < 1.29 is 9.13 Å². The van der Waals surface area contributed by atoms with Crippen LogP contribution in [0, 0.1) is 5.82 Å². The van der Waals surface area contributed by atoms with Gasteiger partial charge in [-0.3, -0.25) is 14.0 Å². The number of halogens is 1. The third kappa shape index (κ3) is 1.95. The van der Waals surface area contributed by atoms with Gasteiger partial charge in [-0.25, -0.2) is 4.39 Å². The van der Waals surface area contributed by atoms with E-state index < -0.39 is 16.8 Å². The summed E-state index contributed by atoms with van der Waals surface area (Å²) in [6, 6.07) is 1.13. The van der Waals surface area contributed by atoms with Crippen molar-refractivity contribution in [1.82, 2.24) is 8.94 Å². The lowest BCUT2D eigenvalue weighted by molar-refractivity contribution is 0.250. The average molecular weight is 376 g/mol. The molecule has 5 rings (SSSR count). The van der Waals surface area contributed by atoms with E-state index in [0.717, 1.165) is 18.0 Å². The fourth-order valence-corrected chi connectivity index (χ4v) is 4.99. The minimum atomic E-state index is -0.522. The highest BCUT2D eigenvalue weighted by Gasteiger charge is 2.32. The second kappa shape index (κ2) is 5.31. The fraction of sp³-hybridized carbons (Fsp3) is 0.412. The lowest BCUT2D eigenvalue weighted by Gasteiger charge is -2.31. The monoisotopic (exact) mass is 376 g/mol. The summed E-state index contributed by atoms with van der Waals surface area (Å²) in [5.41, 5.74) is 5.99. The minimum Gasteiger partial charge on any atom is -0.487 e. The number of fused-ring (bicyclic) bond motifs is 2. The predicted molar refractivity (Wildman–Crippen MR) is 99.2 cm³/mol. The lowest BCUT2D eigenvalue weighted by Crippen LogP contribution is -2.30. The van der Waals surface area contributed by atoms with E-state index >= 15 is 4.39 Å². The van der Waals surface area contributed by atoms with Crippen LogP contribution in [0.4, 0.5) is 10.1 Å². The molecule has 0 spiro atoms. The fourth-order valence-electron chi connectivity index (χ4n) is 4.04. The second-order valence-corrected chi connectivity index (χ2v) is 7.79. The van der Waals surface area contributed by atoms with Crippen molar-refractivity contribution >= 4 is 38.3 Å². The van der Waals surface area contributed by atoms with Gasteiger partial charge in [-0.15, -0.1) is 0 Å². The van der Waals surface area contributed by atoms with Crippen LogP contribution in [-0.2, 0) is 0 Å². The Labute approximate surface area is 150 Å². The molecule has 4 heterocycles. The molecule has 3 N–H and O–H groups in total. The molecule has 2 atom stereocenters. The van der Waals surface area contributed by atoms with Crippen LogP contribution in [0.25, 0.3) is 21.1 Å². The van der Waals surface area contributed by atoms with E-state index in [1.54, 1.807) is 0 Å². The van der Waals surface area contributed by atoms with Gasteiger partial charge in [-0.2, -0.15) is 0 Å². The summed E-state index contributed by atoms with van der Waals surface area (Å²) in [7, 11) is 0. The summed E-state index contributed by atoms with van der Waals surface area (Å²) in [5.74, 6) is -0.155. The van der Waals surface area contributed by atoms with E-state index in [1.807, 2.05) is 16.4 Å². The number of rotatable bonds is 1. The van der Waals surface area contributed by atoms with Crippen LogP contribution in [-0.4, -0.2) is 34.7 Å². The molecule has 1 aromatic carbocycles. The van der Waals surface area contributed by atoms with Gasteiger partial charge in [0.2, 0.25) is 5.43 Å². The number of pyridine rings is 1. The van der Waals surface area contributed by atoms with Gasteiger partial charge in [-0.1, -0.05) is 0 Å². The molecule has 2 aliphatic rings. The Morgan fingerprint density at radius 3 is 2.96 bits per heavy atom. The van der Waals surface area contributed by atoms with E-state index in [4.69, 9.17) is 10.5 Å². The van der Waals surface area contributed by atoms with Crippen molar-refractivity contribution in [3.05, 3.63) is 32.5 Å². The maximum atomic E-state index is 15.0. The summed E-state index contributed by atoms with van der Waals surface area (Å²) < 4.78 is 25.5. The van der Waals surface area contributed by atoms with Gasteiger partial charge in [0.15, 0.2) is 11.6 Å². The zero-order valence-corrected chi connectivity index (χ0v) is 14.9. The Morgan fingerprint density at radius 1 is 1.42 bits per heavy atom. The van der Waals surface area contributed by atoms with Crippen molar-refractivity contribution in [2.24, 2.45) is 5.73 Å². The highest BCUT2D eigenvalue weighted by atomic mass is 32.1. The first kappa shape index (κ1) is 15.8. The number of nitrogens with one attached hydrogen (secondary N) is 1. The molecule has 1 saturated heterocycles. The number of anilines is 1. The molecule has 136 valence electrons. The minimum absolute atomic E-state index is 0.0144. The first-order valence-electron chi connectivity index (χ1n) is 8.52. The number of hydrogen-bond donors (Lipinski definition) is 2. The Bertz CT molecular complexity index is 1180. The molecular weight excluding hydrogens is 359 g/mol. The highest BCUT2D eigenvalue weighted by molar-refractivity contribution is 7.12. The molecule has 26 heavy (non-hydrogen) atoms. The number of aromatic amines is 1. The van der Waals surface area contributed by atoms with E-state index in [1.165, 1.54) is 6.07 Å². The molecule has 0 amide bonds. The summed E-state index contributed by atoms with van der Waals surface area (Å²) in [6.07, 6.45) is 0.776. The van der Waals surface area contributed by atoms with Gasteiger partial charge >= 0.3 is 0 Å². The van der Waals surface area contributed by atoms with E-state index in [2.05, 4.69) is 4.37 Å². The molecule has 7 nitrogen and oxygen atoms in total. The van der Waals surface area contributed by atoms with Gasteiger partial charge in [0.25, 0.3) is 5.56 Å². The number of aromatic nitrogens is 2. The van der Waals surface area contributed by atoms with Crippen molar-refractivity contribution in [2.75, 3.05) is 24.6 Å². The number of nitrogens with zero attached hydrogens (tertiary/aromatic N) is 2. The summed E-state index contributed by atoms with van der Waals surface area (Å²) in [6.45, 7) is 3.46. The van der Waals surface area contributed by atoms with Gasteiger partial charge in [0.1, 0.15) is 22.5 Å². The maximum absolute atomic E-state index is 15.0. The Kier molecular flexibility index (Phi) is 3.23. The number of ether oxygens (including phenoxy) is 1. The van der Waals surface area contributed by atoms with Crippen LogP contribution >= 0.6 is 11.5 Å². The molecule has 0 radical (unpaired) electrons. The smallest absolute Gasteiger partial charge is 0.271 e. The Hall–Kier alpha value is -2.39. The van der Waals surface area contributed by atoms with Gasteiger partial charge in [0, 0.05) is 19.1 Å². The van der Waals surface area contributed by atoms with Gasteiger partial charge in [0.05, 0.1) is 16.9 Å². The summed E-state index contributed by atoms with van der Waals surface area (Å²) >= 11 is 1.13. The number of hydrogen-bond acceptors (Lipinski definition) is 6. The van der Waals surface area contributed by atoms with Gasteiger partial charge < -0.3 is 19.9 Å². The third-order valence-electron chi connectivity index (χ3n) is 5.25. The molecule has 0 saturated carbocycles. The van der Waals surface area contributed by atoms with Crippen molar-refractivity contribution in [1.29, 1.82) is 0 Å². The SMILES string of the molecule is C[C@H]1COc2c(N3CC[C@H](N)C3)c(F)cc3c(=O)c4c(=O)[nH]sc4n1c23. The van der Waals surface area contributed by atoms with Crippen LogP contribution in [0.3, 0.4) is 0 Å². The Morgan fingerprint density at radius 2 is 2.23 bits per heavy atom. The van der Waals surface area contributed by atoms with E-state index in [0.29, 0.717) is 41.5 Å². The molecule has 2 aliphatic heterocycles. The standard InChI is InChI=1S/C17H17FN4O3S/c1-7-6-25-15-12-9(4-10(18)13(15)21-3-2-8(19)5-21)14(23)11-16(24)20-26-17(11)22(7)12/h4,7-8H,2-3,5-6,19H2,1H3,(H,20,24)/t7-,8-/m0/s1. The first-order chi connectivity index (χ1) is 12.5. The molecular formula is C17H17FN4O3S. The largest absolute Gasteiger partial charge is 0.487 e. The third-order valence-corrected chi connectivity index (χ3v) is 6.13. The van der Waals surface area contributed by atoms with Crippen molar-refractivity contribution in [3.63, 3.8) is 0 Å². The Balaban J connectivity index is 1.95. The zero-order chi connectivity index (χ0) is 18.2. The second-order valence-electron chi connectivity index (χ2n) is 7.00. The van der Waals surface area contributed by atoms with Crippen LogP contribution in [0.2, 0.25) is 0 Å². The molecule has 2 aromatic heterocycles. The molecule has 0 aliphatic carbocycles. The number of H-pyrrole nitrogens is 1. The number of benzene rings is 1. The van der Waals surface area contributed by atoms with E-state index in [9.17, 15) is 9.59 Å². The molecule has 0 bridgehead atoms. The quantitative estimate of drug-likeness (QED) is 0.672.